The van der Waals surface area contributed by atoms with Crippen molar-refractivity contribution >= 4 is 23.2 Å². The summed E-state index contributed by atoms with van der Waals surface area (Å²) in [6, 6.07) is 14.4. The minimum atomic E-state index is -0.218. The van der Waals surface area contributed by atoms with Gasteiger partial charge in [-0.05, 0) is 36.8 Å². The van der Waals surface area contributed by atoms with Crippen LogP contribution in [0.5, 0.6) is 0 Å². The Morgan fingerprint density at radius 3 is 2.58 bits per heavy atom. The summed E-state index contributed by atoms with van der Waals surface area (Å²) in [5, 5.41) is 3.94. The zero-order valence-corrected chi connectivity index (χ0v) is 15.5. The molecular formula is C20H23ClFN3O. The van der Waals surface area contributed by atoms with Crippen molar-refractivity contribution in [3.8, 4) is 0 Å². The molecule has 1 aliphatic rings. The Morgan fingerprint density at radius 2 is 1.88 bits per heavy atom. The largest absolute Gasteiger partial charge is 0.366 e. The van der Waals surface area contributed by atoms with E-state index in [2.05, 4.69) is 5.32 Å². The van der Waals surface area contributed by atoms with Crippen molar-refractivity contribution in [2.24, 2.45) is 0 Å². The Balaban J connectivity index is 1.49. The Morgan fingerprint density at radius 1 is 1.15 bits per heavy atom. The van der Waals surface area contributed by atoms with Gasteiger partial charge in [0, 0.05) is 37.2 Å². The van der Waals surface area contributed by atoms with Gasteiger partial charge in [0.1, 0.15) is 5.82 Å². The lowest BCUT2D eigenvalue weighted by Gasteiger charge is -2.36. The van der Waals surface area contributed by atoms with Gasteiger partial charge in [0.2, 0.25) is 5.91 Å². The number of hydrogen-bond acceptors (Lipinski definition) is 3. The summed E-state index contributed by atoms with van der Waals surface area (Å²) in [5.74, 6) is -0.156. The molecule has 2 aromatic rings. The molecule has 0 radical (unpaired) electrons. The molecule has 0 bridgehead atoms. The molecule has 0 aliphatic carbocycles. The summed E-state index contributed by atoms with van der Waals surface area (Å²) in [4.78, 5) is 16.3. The average Bonchev–Trinajstić information content (AvgIpc) is 2.66. The van der Waals surface area contributed by atoms with Crippen molar-refractivity contribution in [3.63, 3.8) is 0 Å². The summed E-state index contributed by atoms with van der Waals surface area (Å²) in [6.07, 6.45) is 0. The molecule has 1 amide bonds. The highest BCUT2D eigenvalue weighted by atomic mass is 35.5. The molecule has 1 aliphatic heterocycles. The molecule has 1 saturated heterocycles. The molecule has 0 aromatic heterocycles. The van der Waals surface area contributed by atoms with Gasteiger partial charge in [0.05, 0.1) is 12.2 Å². The topological polar surface area (TPSA) is 35.6 Å². The standard InChI is InChI=1S/C20H23ClFN3O/c1-15(16-5-4-6-17(21)13-16)23-14-20(26)25-11-9-24(10-12-25)19-8-3-2-7-18(19)22/h2-8,13,15,23H,9-12,14H2,1H3/t15-/m0/s1. The summed E-state index contributed by atoms with van der Waals surface area (Å²) in [7, 11) is 0. The highest BCUT2D eigenvalue weighted by Gasteiger charge is 2.22. The summed E-state index contributed by atoms with van der Waals surface area (Å²) in [5.41, 5.74) is 1.65. The van der Waals surface area contributed by atoms with E-state index in [0.717, 1.165) is 5.56 Å². The van der Waals surface area contributed by atoms with Crippen LogP contribution in [-0.2, 0) is 4.79 Å². The summed E-state index contributed by atoms with van der Waals surface area (Å²) >= 11 is 6.01. The number of nitrogens with one attached hydrogen (secondary N) is 1. The first-order valence-corrected chi connectivity index (χ1v) is 9.18. The number of hydrogen-bond donors (Lipinski definition) is 1. The number of benzene rings is 2. The van der Waals surface area contributed by atoms with Crippen molar-refractivity contribution in [2.45, 2.75) is 13.0 Å². The molecule has 1 atom stereocenters. The highest BCUT2D eigenvalue weighted by molar-refractivity contribution is 6.30. The zero-order valence-electron chi connectivity index (χ0n) is 14.8. The quantitative estimate of drug-likeness (QED) is 0.869. The Hall–Kier alpha value is -2.11. The normalized spacial score (nSPS) is 15.8. The molecule has 138 valence electrons. The minimum Gasteiger partial charge on any atom is -0.366 e. The maximum atomic E-state index is 13.9. The molecule has 3 rings (SSSR count). The third kappa shape index (κ3) is 4.54. The Kier molecular flexibility index (Phi) is 6.12. The number of nitrogens with zero attached hydrogens (tertiary/aromatic N) is 2. The number of halogens is 2. The third-order valence-corrected chi connectivity index (χ3v) is 4.97. The summed E-state index contributed by atoms with van der Waals surface area (Å²) in [6.45, 7) is 4.75. The molecule has 4 nitrogen and oxygen atoms in total. The number of rotatable bonds is 5. The zero-order chi connectivity index (χ0) is 18.5. The van der Waals surface area contributed by atoms with Crippen LogP contribution < -0.4 is 10.2 Å². The van der Waals surface area contributed by atoms with E-state index >= 15 is 0 Å². The monoisotopic (exact) mass is 375 g/mol. The molecule has 6 heteroatoms. The molecule has 1 N–H and O–H groups in total. The number of anilines is 1. The van der Waals surface area contributed by atoms with Crippen molar-refractivity contribution in [1.29, 1.82) is 0 Å². The second-order valence-electron chi connectivity index (χ2n) is 6.48. The fraction of sp³-hybridized carbons (Fsp3) is 0.350. The van der Waals surface area contributed by atoms with Gasteiger partial charge in [-0.15, -0.1) is 0 Å². The average molecular weight is 376 g/mol. The number of amides is 1. The first-order chi connectivity index (χ1) is 12.5. The first-order valence-electron chi connectivity index (χ1n) is 8.80. The van der Waals surface area contributed by atoms with Gasteiger partial charge >= 0.3 is 0 Å². The number of para-hydroxylation sites is 1. The molecule has 26 heavy (non-hydrogen) atoms. The molecule has 1 heterocycles. The predicted molar refractivity (Wildman–Crippen MR) is 103 cm³/mol. The summed E-state index contributed by atoms with van der Waals surface area (Å²) < 4.78 is 13.9. The predicted octanol–water partition coefficient (Wildman–Crippen LogP) is 3.48. The van der Waals surface area contributed by atoms with Crippen molar-refractivity contribution in [3.05, 3.63) is 64.9 Å². The van der Waals surface area contributed by atoms with Crippen LogP contribution in [0.1, 0.15) is 18.5 Å². The SMILES string of the molecule is C[C@H](NCC(=O)N1CCN(c2ccccc2F)CC1)c1cccc(Cl)c1. The molecule has 0 saturated carbocycles. The van der Waals surface area contributed by atoms with Crippen LogP contribution in [0.2, 0.25) is 5.02 Å². The third-order valence-electron chi connectivity index (χ3n) is 4.73. The van der Waals surface area contributed by atoms with E-state index in [9.17, 15) is 9.18 Å². The number of carbonyl (C=O) groups is 1. The van der Waals surface area contributed by atoms with Gasteiger partial charge in [-0.2, -0.15) is 0 Å². The smallest absolute Gasteiger partial charge is 0.236 e. The van der Waals surface area contributed by atoms with Gasteiger partial charge in [0.15, 0.2) is 0 Å². The fourth-order valence-electron chi connectivity index (χ4n) is 3.15. The van der Waals surface area contributed by atoms with Gasteiger partial charge in [-0.1, -0.05) is 35.9 Å². The lowest BCUT2D eigenvalue weighted by atomic mass is 10.1. The van der Waals surface area contributed by atoms with Crippen LogP contribution in [0, 0.1) is 5.82 Å². The van der Waals surface area contributed by atoms with E-state index in [1.165, 1.54) is 6.07 Å². The second kappa shape index (κ2) is 8.52. The van der Waals surface area contributed by atoms with Crippen LogP contribution in [0.15, 0.2) is 48.5 Å². The van der Waals surface area contributed by atoms with Crippen LogP contribution in [0.25, 0.3) is 0 Å². The van der Waals surface area contributed by atoms with E-state index in [-0.39, 0.29) is 24.3 Å². The molecule has 0 unspecified atom stereocenters. The van der Waals surface area contributed by atoms with E-state index in [0.29, 0.717) is 36.9 Å². The highest BCUT2D eigenvalue weighted by Crippen LogP contribution is 2.20. The lowest BCUT2D eigenvalue weighted by molar-refractivity contribution is -0.130. The van der Waals surface area contributed by atoms with E-state index in [1.54, 1.807) is 12.1 Å². The fourth-order valence-corrected chi connectivity index (χ4v) is 3.35. The molecule has 0 spiro atoms. The van der Waals surface area contributed by atoms with E-state index < -0.39 is 0 Å². The van der Waals surface area contributed by atoms with Gasteiger partial charge < -0.3 is 15.1 Å². The maximum Gasteiger partial charge on any atom is 0.236 e. The molecular weight excluding hydrogens is 353 g/mol. The van der Waals surface area contributed by atoms with Crippen LogP contribution in [-0.4, -0.2) is 43.5 Å². The first kappa shape index (κ1) is 18.7. The van der Waals surface area contributed by atoms with Crippen LogP contribution in [0.4, 0.5) is 10.1 Å². The van der Waals surface area contributed by atoms with Gasteiger partial charge in [-0.3, -0.25) is 4.79 Å². The van der Waals surface area contributed by atoms with Gasteiger partial charge in [0.25, 0.3) is 0 Å². The lowest BCUT2D eigenvalue weighted by Crippen LogP contribution is -2.51. The van der Waals surface area contributed by atoms with E-state index in [1.807, 2.05) is 47.1 Å². The maximum absolute atomic E-state index is 13.9. The number of carbonyl (C=O) groups excluding carboxylic acids is 1. The Labute approximate surface area is 158 Å². The number of piperazine rings is 1. The van der Waals surface area contributed by atoms with Crippen LogP contribution >= 0.6 is 11.6 Å². The van der Waals surface area contributed by atoms with Crippen molar-refractivity contribution in [2.75, 3.05) is 37.6 Å². The van der Waals surface area contributed by atoms with Crippen LogP contribution in [0.3, 0.4) is 0 Å². The minimum absolute atomic E-state index is 0.0392. The van der Waals surface area contributed by atoms with Crippen molar-refractivity contribution in [1.82, 2.24) is 10.2 Å². The Bertz CT molecular complexity index is 762. The second-order valence-corrected chi connectivity index (χ2v) is 6.91. The van der Waals surface area contributed by atoms with E-state index in [4.69, 9.17) is 11.6 Å². The molecule has 1 fully saturated rings. The van der Waals surface area contributed by atoms with Crippen molar-refractivity contribution < 1.29 is 9.18 Å². The van der Waals surface area contributed by atoms with Gasteiger partial charge in [-0.25, -0.2) is 4.39 Å². The molecule has 2 aromatic carbocycles.